The van der Waals surface area contributed by atoms with E-state index in [1.807, 2.05) is 72.8 Å². The second-order valence-corrected chi connectivity index (χ2v) is 12.6. The Morgan fingerprint density at radius 3 is 1.49 bits per heavy atom. The van der Waals surface area contributed by atoms with Crippen LogP contribution < -0.4 is 0 Å². The number of fused-ring (bicyclic) bond motifs is 1. The van der Waals surface area contributed by atoms with Crippen molar-refractivity contribution in [3.8, 4) is 0 Å². The Bertz CT molecular complexity index is 1860. The lowest BCUT2D eigenvalue weighted by Crippen LogP contribution is -2.58. The Balaban J connectivity index is 1.27. The van der Waals surface area contributed by atoms with Crippen LogP contribution in [0, 0.1) is 0 Å². The van der Waals surface area contributed by atoms with Gasteiger partial charge in [0, 0.05) is 12.6 Å². The van der Waals surface area contributed by atoms with E-state index in [1.54, 1.807) is 0 Å². The highest BCUT2D eigenvalue weighted by atomic mass is 16.6. The maximum Gasteiger partial charge on any atom is 0.127 e. The quantitative estimate of drug-likeness (QED) is 0.118. The van der Waals surface area contributed by atoms with Gasteiger partial charge in [-0.15, -0.1) is 0 Å². The van der Waals surface area contributed by atoms with Gasteiger partial charge < -0.3 is 28.3 Å². The summed E-state index contributed by atoms with van der Waals surface area (Å²) < 4.78 is 36.4. The van der Waals surface area contributed by atoms with E-state index in [9.17, 15) is 0 Å². The lowest BCUT2D eigenvalue weighted by atomic mass is 9.92. The van der Waals surface area contributed by atoms with E-state index in [0.29, 0.717) is 33.0 Å². The SMILES string of the molecule is Cn1c([C@@H]2O[C@H](COCc3ccccc3)[C@@H](OCc3ccccc3)[C@H](OCc3ccccc3)[C@H]2OCc2ccccc2)cc2ccccc21. The summed E-state index contributed by atoms with van der Waals surface area (Å²) in [5, 5.41) is 1.14. The maximum absolute atomic E-state index is 7.13. The zero-order valence-electron chi connectivity index (χ0n) is 27.8. The molecule has 7 rings (SSSR count). The van der Waals surface area contributed by atoms with Crippen LogP contribution in [0.3, 0.4) is 0 Å². The van der Waals surface area contributed by atoms with E-state index in [2.05, 4.69) is 90.5 Å². The largest absolute Gasteiger partial charge is 0.374 e. The highest BCUT2D eigenvalue weighted by molar-refractivity contribution is 5.81. The van der Waals surface area contributed by atoms with Gasteiger partial charge in [-0.1, -0.05) is 140 Å². The van der Waals surface area contributed by atoms with Crippen LogP contribution in [0.1, 0.15) is 34.1 Å². The standard InChI is InChI=1S/C43H43NO5/c1-44-37-25-15-14-24-36(37)26-38(44)40-42(47-29-34-20-10-4-11-21-34)43(48-30-35-22-12-5-13-23-35)41(46-28-33-18-8-3-9-19-33)39(49-40)31-45-27-32-16-6-2-7-17-32/h2-26,39-43H,27-31H2,1H3/t39-,40+,41-,42+,43+/m1/s1. The van der Waals surface area contributed by atoms with Crippen LogP contribution in [0.25, 0.3) is 10.9 Å². The first-order valence-corrected chi connectivity index (χ1v) is 17.0. The fourth-order valence-corrected chi connectivity index (χ4v) is 6.61. The van der Waals surface area contributed by atoms with Gasteiger partial charge in [-0.25, -0.2) is 0 Å². The predicted octanol–water partition coefficient (Wildman–Crippen LogP) is 8.59. The average molecular weight is 654 g/mol. The Hall–Kier alpha value is -4.56. The summed E-state index contributed by atoms with van der Waals surface area (Å²) in [6, 6.07) is 51.6. The van der Waals surface area contributed by atoms with Crippen molar-refractivity contribution in [1.82, 2.24) is 4.57 Å². The number of aryl methyl sites for hydroxylation is 1. The molecule has 2 heterocycles. The van der Waals surface area contributed by atoms with Crippen molar-refractivity contribution >= 4 is 10.9 Å². The zero-order valence-corrected chi connectivity index (χ0v) is 27.8. The number of nitrogens with zero attached hydrogens (tertiary/aromatic N) is 1. The molecular weight excluding hydrogens is 610 g/mol. The third-order valence-electron chi connectivity index (χ3n) is 9.16. The average Bonchev–Trinajstić information content (AvgIpc) is 3.50. The van der Waals surface area contributed by atoms with Gasteiger partial charge in [-0.2, -0.15) is 0 Å². The summed E-state index contributed by atoms with van der Waals surface area (Å²) in [6.07, 6.45) is -2.34. The number of benzene rings is 5. The highest BCUT2D eigenvalue weighted by Crippen LogP contribution is 2.40. The molecule has 5 aromatic carbocycles. The molecule has 0 amide bonds. The van der Waals surface area contributed by atoms with Crippen LogP contribution in [0.15, 0.2) is 152 Å². The molecule has 6 aromatic rings. The molecule has 0 N–H and O–H groups in total. The van der Waals surface area contributed by atoms with Crippen molar-refractivity contribution in [3.63, 3.8) is 0 Å². The summed E-state index contributed by atoms with van der Waals surface area (Å²) in [7, 11) is 2.09. The van der Waals surface area contributed by atoms with Crippen LogP contribution in [0.5, 0.6) is 0 Å². The molecule has 6 heteroatoms. The third-order valence-corrected chi connectivity index (χ3v) is 9.16. The normalized spacial score (nSPS) is 20.8. The Morgan fingerprint density at radius 1 is 0.510 bits per heavy atom. The molecule has 1 aliphatic heterocycles. The minimum Gasteiger partial charge on any atom is -0.374 e. The number of aromatic nitrogens is 1. The van der Waals surface area contributed by atoms with E-state index in [4.69, 9.17) is 23.7 Å². The Morgan fingerprint density at radius 2 is 0.959 bits per heavy atom. The zero-order chi connectivity index (χ0) is 33.3. The number of hydrogen-bond donors (Lipinski definition) is 0. The lowest BCUT2D eigenvalue weighted by molar-refractivity contribution is -0.276. The molecule has 0 spiro atoms. The van der Waals surface area contributed by atoms with Crippen molar-refractivity contribution < 1.29 is 23.7 Å². The summed E-state index contributed by atoms with van der Waals surface area (Å²) in [5.74, 6) is 0. The van der Waals surface area contributed by atoms with E-state index in [0.717, 1.165) is 38.9 Å². The van der Waals surface area contributed by atoms with E-state index in [-0.39, 0.29) is 0 Å². The number of ether oxygens (including phenoxy) is 5. The molecule has 49 heavy (non-hydrogen) atoms. The topological polar surface area (TPSA) is 51.1 Å². The van der Waals surface area contributed by atoms with Crippen LogP contribution in [0.4, 0.5) is 0 Å². The second kappa shape index (κ2) is 16.2. The van der Waals surface area contributed by atoms with Crippen LogP contribution in [0.2, 0.25) is 0 Å². The van der Waals surface area contributed by atoms with Crippen LogP contribution in [-0.4, -0.2) is 35.6 Å². The molecule has 6 nitrogen and oxygen atoms in total. The van der Waals surface area contributed by atoms with Crippen molar-refractivity contribution in [1.29, 1.82) is 0 Å². The first-order chi connectivity index (χ1) is 24.2. The Kier molecular flexibility index (Phi) is 10.9. The monoisotopic (exact) mass is 653 g/mol. The molecule has 0 saturated carbocycles. The molecule has 1 saturated heterocycles. The third kappa shape index (κ3) is 8.19. The fraction of sp³-hybridized carbons (Fsp3) is 0.256. The van der Waals surface area contributed by atoms with Gasteiger partial charge in [0.1, 0.15) is 30.5 Å². The van der Waals surface area contributed by atoms with Crippen molar-refractivity contribution in [3.05, 3.63) is 180 Å². The van der Waals surface area contributed by atoms with Gasteiger partial charge in [0.05, 0.1) is 38.7 Å². The van der Waals surface area contributed by atoms with Gasteiger partial charge in [-0.05, 0) is 39.8 Å². The first kappa shape index (κ1) is 33.0. The first-order valence-electron chi connectivity index (χ1n) is 17.0. The maximum atomic E-state index is 7.13. The van der Waals surface area contributed by atoms with Crippen molar-refractivity contribution in [2.75, 3.05) is 6.61 Å². The molecule has 1 aromatic heterocycles. The summed E-state index contributed by atoms with van der Waals surface area (Å²) >= 11 is 0. The van der Waals surface area contributed by atoms with Gasteiger partial charge >= 0.3 is 0 Å². The Labute approximate surface area is 288 Å². The molecule has 1 fully saturated rings. The van der Waals surface area contributed by atoms with Gasteiger partial charge in [-0.3, -0.25) is 0 Å². The second-order valence-electron chi connectivity index (χ2n) is 12.6. The van der Waals surface area contributed by atoms with Gasteiger partial charge in [0.25, 0.3) is 0 Å². The minimum atomic E-state index is -0.488. The summed E-state index contributed by atoms with van der Waals surface area (Å²) in [6.45, 7) is 2.00. The smallest absolute Gasteiger partial charge is 0.127 e. The van der Waals surface area contributed by atoms with Gasteiger partial charge in [0.2, 0.25) is 0 Å². The summed E-state index contributed by atoms with van der Waals surface area (Å²) in [4.78, 5) is 0. The molecule has 0 radical (unpaired) electrons. The van der Waals surface area contributed by atoms with Crippen molar-refractivity contribution in [2.45, 2.75) is 56.9 Å². The molecular formula is C43H43NO5. The van der Waals surface area contributed by atoms with Crippen LogP contribution in [-0.2, 0) is 57.2 Å². The molecule has 5 atom stereocenters. The molecule has 0 bridgehead atoms. The number of hydrogen-bond acceptors (Lipinski definition) is 5. The van der Waals surface area contributed by atoms with E-state index < -0.39 is 30.5 Å². The lowest BCUT2D eigenvalue weighted by Gasteiger charge is -2.46. The number of para-hydroxylation sites is 1. The number of rotatable bonds is 14. The van der Waals surface area contributed by atoms with Crippen molar-refractivity contribution in [2.24, 2.45) is 7.05 Å². The van der Waals surface area contributed by atoms with E-state index in [1.165, 1.54) is 0 Å². The predicted molar refractivity (Wildman–Crippen MR) is 192 cm³/mol. The summed E-state index contributed by atoms with van der Waals surface area (Å²) in [5.41, 5.74) is 6.48. The minimum absolute atomic E-state index is 0.325. The molecule has 0 aliphatic carbocycles. The molecule has 0 unspecified atom stereocenters. The fourth-order valence-electron chi connectivity index (χ4n) is 6.61. The van der Waals surface area contributed by atoms with Gasteiger partial charge in [0.15, 0.2) is 0 Å². The van der Waals surface area contributed by atoms with Crippen LogP contribution >= 0.6 is 0 Å². The molecule has 1 aliphatic rings. The molecule has 250 valence electrons. The highest BCUT2D eigenvalue weighted by Gasteiger charge is 2.49. The van der Waals surface area contributed by atoms with E-state index >= 15 is 0 Å².